The van der Waals surface area contributed by atoms with Gasteiger partial charge in [-0.05, 0) is 35.7 Å². The van der Waals surface area contributed by atoms with Crippen molar-refractivity contribution in [1.82, 2.24) is 0 Å². The van der Waals surface area contributed by atoms with E-state index in [9.17, 15) is 14.4 Å². The molecule has 0 heterocycles. The van der Waals surface area contributed by atoms with Crippen LogP contribution >= 0.6 is 23.2 Å². The van der Waals surface area contributed by atoms with Crippen molar-refractivity contribution in [1.29, 1.82) is 0 Å². The standard InChI is InChI=1S/C19H15Cl2NO3/c20-13-7-5-11(6-8-13)12-9-16(23)18(17(24)10-12)19(25)22-15-4-2-1-3-14(15)21/h1-8,12,18H,9-10H2,(H,22,25). The summed E-state index contributed by atoms with van der Waals surface area (Å²) in [6.07, 6.45) is 0.294. The number of para-hydroxylation sites is 1. The zero-order chi connectivity index (χ0) is 18.0. The lowest BCUT2D eigenvalue weighted by Gasteiger charge is -2.26. The van der Waals surface area contributed by atoms with Crippen molar-refractivity contribution in [2.24, 2.45) is 5.92 Å². The quantitative estimate of drug-likeness (QED) is 0.814. The van der Waals surface area contributed by atoms with Gasteiger partial charge in [-0.2, -0.15) is 0 Å². The third-order valence-corrected chi connectivity index (χ3v) is 4.86. The molecule has 1 amide bonds. The van der Waals surface area contributed by atoms with E-state index >= 15 is 0 Å². The van der Waals surface area contributed by atoms with Gasteiger partial charge in [-0.15, -0.1) is 0 Å². The number of amides is 1. The summed E-state index contributed by atoms with van der Waals surface area (Å²) < 4.78 is 0. The summed E-state index contributed by atoms with van der Waals surface area (Å²) in [4.78, 5) is 37.3. The lowest BCUT2D eigenvalue weighted by atomic mass is 9.76. The van der Waals surface area contributed by atoms with Gasteiger partial charge in [-0.3, -0.25) is 14.4 Å². The number of anilines is 1. The lowest BCUT2D eigenvalue weighted by molar-refractivity contribution is -0.141. The Morgan fingerprint density at radius 1 is 0.920 bits per heavy atom. The van der Waals surface area contributed by atoms with E-state index in [-0.39, 0.29) is 30.3 Å². The van der Waals surface area contributed by atoms with Gasteiger partial charge in [-0.1, -0.05) is 47.5 Å². The van der Waals surface area contributed by atoms with Crippen molar-refractivity contribution in [3.63, 3.8) is 0 Å². The van der Waals surface area contributed by atoms with Gasteiger partial charge < -0.3 is 5.32 Å². The fourth-order valence-electron chi connectivity index (χ4n) is 3.00. The molecule has 3 rings (SSSR count). The van der Waals surface area contributed by atoms with Crippen molar-refractivity contribution in [2.45, 2.75) is 18.8 Å². The van der Waals surface area contributed by atoms with Crippen LogP contribution in [0.3, 0.4) is 0 Å². The number of hydrogen-bond donors (Lipinski definition) is 1. The minimum atomic E-state index is -1.28. The van der Waals surface area contributed by atoms with Gasteiger partial charge in [0.25, 0.3) is 0 Å². The Morgan fingerprint density at radius 2 is 1.52 bits per heavy atom. The lowest BCUT2D eigenvalue weighted by Crippen LogP contribution is -2.41. The first-order valence-corrected chi connectivity index (χ1v) is 8.57. The van der Waals surface area contributed by atoms with E-state index in [1.165, 1.54) is 0 Å². The molecule has 0 spiro atoms. The van der Waals surface area contributed by atoms with Crippen LogP contribution in [-0.2, 0) is 14.4 Å². The van der Waals surface area contributed by atoms with Crippen molar-refractivity contribution in [2.75, 3.05) is 5.32 Å². The Balaban J connectivity index is 1.73. The molecule has 0 unspecified atom stereocenters. The summed E-state index contributed by atoms with van der Waals surface area (Å²) in [5.41, 5.74) is 1.26. The summed E-state index contributed by atoms with van der Waals surface area (Å²) in [7, 11) is 0. The molecule has 6 heteroatoms. The SMILES string of the molecule is O=C1CC(c2ccc(Cl)cc2)CC(=O)C1C(=O)Nc1ccccc1Cl. The number of hydrogen-bond acceptors (Lipinski definition) is 3. The van der Waals surface area contributed by atoms with Gasteiger partial charge in [0.2, 0.25) is 5.91 Å². The maximum Gasteiger partial charge on any atom is 0.242 e. The van der Waals surface area contributed by atoms with Gasteiger partial charge >= 0.3 is 0 Å². The first kappa shape index (κ1) is 17.6. The van der Waals surface area contributed by atoms with E-state index in [1.807, 2.05) is 0 Å². The molecule has 1 aliphatic rings. The molecule has 0 saturated heterocycles. The number of ketones is 2. The second-order valence-corrected chi connectivity index (χ2v) is 6.84. The molecule has 0 aliphatic heterocycles. The number of halogens is 2. The number of nitrogens with one attached hydrogen (secondary N) is 1. The third kappa shape index (κ3) is 3.91. The highest BCUT2D eigenvalue weighted by Crippen LogP contribution is 2.33. The highest BCUT2D eigenvalue weighted by Gasteiger charge is 2.40. The molecule has 0 bridgehead atoms. The molecule has 128 valence electrons. The Hall–Kier alpha value is -2.17. The number of Topliss-reactive ketones (excluding diaryl/α,β-unsaturated/α-hetero) is 2. The van der Waals surface area contributed by atoms with Crippen LogP contribution in [0.2, 0.25) is 10.0 Å². The molecule has 25 heavy (non-hydrogen) atoms. The largest absolute Gasteiger partial charge is 0.324 e. The molecule has 1 aliphatic carbocycles. The van der Waals surface area contributed by atoms with Crippen LogP contribution in [-0.4, -0.2) is 17.5 Å². The van der Waals surface area contributed by atoms with Gasteiger partial charge in [0.15, 0.2) is 17.5 Å². The number of carbonyl (C=O) groups is 3. The first-order valence-electron chi connectivity index (χ1n) is 7.82. The monoisotopic (exact) mass is 375 g/mol. The van der Waals surface area contributed by atoms with E-state index in [1.54, 1.807) is 48.5 Å². The summed E-state index contributed by atoms with van der Waals surface area (Å²) in [6.45, 7) is 0. The summed E-state index contributed by atoms with van der Waals surface area (Å²) in [6, 6.07) is 13.7. The molecule has 1 N–H and O–H groups in total. The average molecular weight is 376 g/mol. The highest BCUT2D eigenvalue weighted by atomic mass is 35.5. The third-order valence-electron chi connectivity index (χ3n) is 4.27. The first-order chi connectivity index (χ1) is 12.0. The van der Waals surface area contributed by atoms with Crippen LogP contribution in [0.25, 0.3) is 0 Å². The topological polar surface area (TPSA) is 63.2 Å². The minimum absolute atomic E-state index is 0.147. The molecule has 0 radical (unpaired) electrons. The zero-order valence-electron chi connectivity index (χ0n) is 13.2. The van der Waals surface area contributed by atoms with Crippen molar-refractivity contribution in [3.05, 3.63) is 64.1 Å². The number of benzene rings is 2. The van der Waals surface area contributed by atoms with Crippen LogP contribution in [0.4, 0.5) is 5.69 Å². The van der Waals surface area contributed by atoms with Crippen LogP contribution in [0, 0.1) is 5.92 Å². The van der Waals surface area contributed by atoms with Gasteiger partial charge in [0.05, 0.1) is 10.7 Å². The molecule has 0 atom stereocenters. The van der Waals surface area contributed by atoms with Gasteiger partial charge in [0, 0.05) is 17.9 Å². The highest BCUT2D eigenvalue weighted by molar-refractivity contribution is 6.34. The number of rotatable bonds is 3. The summed E-state index contributed by atoms with van der Waals surface area (Å²) >= 11 is 11.9. The Morgan fingerprint density at radius 3 is 2.12 bits per heavy atom. The van der Waals surface area contributed by atoms with E-state index in [0.29, 0.717) is 15.7 Å². The number of carbonyl (C=O) groups excluding carboxylic acids is 3. The normalized spacial score (nSPS) is 20.4. The van der Waals surface area contributed by atoms with Crippen molar-refractivity contribution < 1.29 is 14.4 Å². The van der Waals surface area contributed by atoms with Crippen LogP contribution in [0.1, 0.15) is 24.3 Å². The Bertz CT molecular complexity index is 815. The van der Waals surface area contributed by atoms with E-state index < -0.39 is 11.8 Å². The molecule has 1 saturated carbocycles. The predicted octanol–water partition coefficient (Wildman–Crippen LogP) is 4.26. The van der Waals surface area contributed by atoms with Gasteiger partial charge in [-0.25, -0.2) is 0 Å². The fraction of sp³-hybridized carbons (Fsp3) is 0.211. The molecule has 0 aromatic heterocycles. The Labute approximate surface area is 155 Å². The van der Waals surface area contributed by atoms with Crippen molar-refractivity contribution >= 4 is 46.4 Å². The van der Waals surface area contributed by atoms with Crippen LogP contribution in [0.15, 0.2) is 48.5 Å². The van der Waals surface area contributed by atoms with Crippen LogP contribution in [0.5, 0.6) is 0 Å². The average Bonchev–Trinajstić information content (AvgIpc) is 2.57. The molecule has 2 aromatic carbocycles. The molecule has 2 aromatic rings. The Kier molecular flexibility index (Phi) is 5.21. The van der Waals surface area contributed by atoms with E-state index in [0.717, 1.165) is 5.56 Å². The molecular formula is C19H15Cl2NO3. The maximum absolute atomic E-state index is 12.4. The van der Waals surface area contributed by atoms with Gasteiger partial charge in [0.1, 0.15) is 0 Å². The zero-order valence-corrected chi connectivity index (χ0v) is 14.7. The summed E-state index contributed by atoms with van der Waals surface area (Å²) in [5.74, 6) is -2.87. The molecule has 4 nitrogen and oxygen atoms in total. The predicted molar refractivity (Wildman–Crippen MR) is 97.0 cm³/mol. The van der Waals surface area contributed by atoms with Crippen molar-refractivity contribution in [3.8, 4) is 0 Å². The minimum Gasteiger partial charge on any atom is -0.324 e. The summed E-state index contributed by atoms with van der Waals surface area (Å²) in [5, 5.41) is 3.52. The van der Waals surface area contributed by atoms with Crippen LogP contribution < -0.4 is 5.32 Å². The van der Waals surface area contributed by atoms with E-state index in [4.69, 9.17) is 23.2 Å². The molecule has 1 fully saturated rings. The second kappa shape index (κ2) is 7.38. The fourth-order valence-corrected chi connectivity index (χ4v) is 3.31. The smallest absolute Gasteiger partial charge is 0.242 e. The second-order valence-electron chi connectivity index (χ2n) is 5.99. The maximum atomic E-state index is 12.4. The van der Waals surface area contributed by atoms with E-state index in [2.05, 4.69) is 5.32 Å². The molecular weight excluding hydrogens is 361 g/mol.